The zero-order valence-electron chi connectivity index (χ0n) is 8.91. The van der Waals surface area contributed by atoms with Crippen LogP contribution in [0.4, 0.5) is 4.79 Å². The van der Waals surface area contributed by atoms with Crippen molar-refractivity contribution in [1.82, 2.24) is 4.90 Å². The van der Waals surface area contributed by atoms with Crippen LogP contribution in [-0.4, -0.2) is 41.4 Å². The Morgan fingerprint density at radius 3 is 2.71 bits per heavy atom. The minimum absolute atomic E-state index is 0.0132. The molecule has 4 heteroatoms. The van der Waals surface area contributed by atoms with Gasteiger partial charge in [0.15, 0.2) is 0 Å². The van der Waals surface area contributed by atoms with Crippen molar-refractivity contribution in [3.8, 4) is 0 Å². The van der Waals surface area contributed by atoms with Gasteiger partial charge in [0.25, 0.3) is 0 Å². The number of aliphatic hydroxyl groups is 1. The van der Waals surface area contributed by atoms with Crippen LogP contribution < -0.4 is 0 Å². The van der Waals surface area contributed by atoms with Gasteiger partial charge in [-0.15, -0.1) is 0 Å². The number of amides is 1. The average Bonchev–Trinajstić information content (AvgIpc) is 2.48. The molecule has 0 spiro atoms. The molecule has 0 bridgehead atoms. The Balaban J connectivity index is 2.42. The predicted octanol–water partition coefficient (Wildman–Crippen LogP) is 1.16. The minimum Gasteiger partial charge on any atom is -0.444 e. The fraction of sp³-hybridized carbons (Fsp3) is 0.700. The van der Waals surface area contributed by atoms with Gasteiger partial charge in [-0.1, -0.05) is 6.08 Å². The predicted molar refractivity (Wildman–Crippen MR) is 53.0 cm³/mol. The van der Waals surface area contributed by atoms with E-state index in [-0.39, 0.29) is 12.7 Å². The van der Waals surface area contributed by atoms with E-state index in [0.717, 1.165) is 5.57 Å². The summed E-state index contributed by atoms with van der Waals surface area (Å²) in [5.74, 6) is 0. The Labute approximate surface area is 84.2 Å². The monoisotopic (exact) mass is 199 g/mol. The number of hydrogen-bond acceptors (Lipinski definition) is 3. The molecular weight excluding hydrogens is 182 g/mol. The van der Waals surface area contributed by atoms with Gasteiger partial charge in [-0.25, -0.2) is 4.79 Å². The molecule has 0 radical (unpaired) electrons. The van der Waals surface area contributed by atoms with E-state index in [4.69, 9.17) is 9.84 Å². The largest absolute Gasteiger partial charge is 0.444 e. The molecule has 1 aliphatic rings. The Morgan fingerprint density at radius 2 is 2.29 bits per heavy atom. The lowest BCUT2D eigenvalue weighted by molar-refractivity contribution is 0.0300. The number of nitrogens with zero attached hydrogens (tertiary/aromatic N) is 1. The van der Waals surface area contributed by atoms with Crippen LogP contribution in [0.5, 0.6) is 0 Å². The molecule has 0 aromatic rings. The van der Waals surface area contributed by atoms with E-state index in [2.05, 4.69) is 0 Å². The van der Waals surface area contributed by atoms with Crippen molar-refractivity contribution >= 4 is 6.09 Å². The van der Waals surface area contributed by atoms with Crippen LogP contribution in [0.2, 0.25) is 0 Å². The van der Waals surface area contributed by atoms with Crippen LogP contribution >= 0.6 is 0 Å². The molecule has 14 heavy (non-hydrogen) atoms. The number of aliphatic hydroxyl groups excluding tert-OH is 1. The maximum atomic E-state index is 11.5. The lowest BCUT2D eigenvalue weighted by Crippen LogP contribution is -2.35. The molecular formula is C10H17NO3. The van der Waals surface area contributed by atoms with Crippen LogP contribution in [0.25, 0.3) is 0 Å². The van der Waals surface area contributed by atoms with Gasteiger partial charge in [0.1, 0.15) is 5.60 Å². The molecule has 0 saturated carbocycles. The zero-order valence-corrected chi connectivity index (χ0v) is 8.91. The van der Waals surface area contributed by atoms with Gasteiger partial charge in [0.05, 0.1) is 6.61 Å². The Bertz CT molecular complexity index is 253. The van der Waals surface area contributed by atoms with Gasteiger partial charge < -0.3 is 14.7 Å². The van der Waals surface area contributed by atoms with Crippen LogP contribution in [0, 0.1) is 0 Å². The Morgan fingerprint density at radius 1 is 1.64 bits per heavy atom. The fourth-order valence-electron chi connectivity index (χ4n) is 1.19. The topological polar surface area (TPSA) is 49.8 Å². The molecule has 0 atom stereocenters. The number of carbonyl (C=O) groups excluding carboxylic acids is 1. The van der Waals surface area contributed by atoms with Gasteiger partial charge in [0, 0.05) is 13.1 Å². The summed E-state index contributed by atoms with van der Waals surface area (Å²) in [5.41, 5.74) is 0.412. The van der Waals surface area contributed by atoms with Crippen molar-refractivity contribution in [3.63, 3.8) is 0 Å². The molecule has 1 heterocycles. The number of carbonyl (C=O) groups is 1. The average molecular weight is 199 g/mol. The second-order valence-electron chi connectivity index (χ2n) is 4.38. The first-order valence-corrected chi connectivity index (χ1v) is 4.69. The molecule has 1 aliphatic heterocycles. The molecule has 1 amide bonds. The van der Waals surface area contributed by atoms with Crippen LogP contribution in [0.1, 0.15) is 20.8 Å². The van der Waals surface area contributed by atoms with Crippen LogP contribution in [-0.2, 0) is 4.74 Å². The lowest BCUT2D eigenvalue weighted by atomic mass is 10.2. The molecule has 0 saturated heterocycles. The first kappa shape index (κ1) is 11.0. The number of ether oxygens (including phenoxy) is 1. The highest BCUT2D eigenvalue weighted by Gasteiger charge is 2.24. The van der Waals surface area contributed by atoms with Gasteiger partial charge in [-0.2, -0.15) is 0 Å². The highest BCUT2D eigenvalue weighted by molar-refractivity contribution is 5.69. The van der Waals surface area contributed by atoms with E-state index in [0.29, 0.717) is 13.1 Å². The van der Waals surface area contributed by atoms with E-state index >= 15 is 0 Å². The summed E-state index contributed by atoms with van der Waals surface area (Å²) >= 11 is 0. The fourth-order valence-corrected chi connectivity index (χ4v) is 1.19. The van der Waals surface area contributed by atoms with E-state index in [1.54, 1.807) is 4.90 Å². The summed E-state index contributed by atoms with van der Waals surface area (Å²) in [5, 5.41) is 8.85. The van der Waals surface area contributed by atoms with Gasteiger partial charge in [-0.05, 0) is 26.3 Å². The highest BCUT2D eigenvalue weighted by atomic mass is 16.6. The first-order valence-electron chi connectivity index (χ1n) is 4.69. The third-order valence-electron chi connectivity index (χ3n) is 1.85. The van der Waals surface area contributed by atoms with E-state index in [1.807, 2.05) is 26.8 Å². The summed E-state index contributed by atoms with van der Waals surface area (Å²) in [6, 6.07) is 0. The van der Waals surface area contributed by atoms with Crippen LogP contribution in [0.15, 0.2) is 11.6 Å². The number of hydrogen-bond donors (Lipinski definition) is 1. The molecule has 1 N–H and O–H groups in total. The second-order valence-corrected chi connectivity index (χ2v) is 4.38. The molecule has 1 rings (SSSR count). The van der Waals surface area contributed by atoms with Crippen molar-refractivity contribution in [2.75, 3.05) is 19.7 Å². The number of rotatable bonds is 1. The quantitative estimate of drug-likeness (QED) is 0.645. The standard InChI is InChI=1S/C10H17NO3/c1-10(2,3)14-9(13)11-5-4-8(6-11)7-12/h4,12H,5-7H2,1-3H3. The Kier molecular flexibility index (Phi) is 3.16. The second kappa shape index (κ2) is 4.00. The maximum Gasteiger partial charge on any atom is 0.410 e. The van der Waals surface area contributed by atoms with E-state index in [1.165, 1.54) is 0 Å². The summed E-state index contributed by atoms with van der Waals surface area (Å²) in [6.45, 7) is 6.53. The van der Waals surface area contributed by atoms with Gasteiger partial charge in [0.2, 0.25) is 0 Å². The molecule has 0 aromatic carbocycles. The summed E-state index contributed by atoms with van der Waals surface area (Å²) in [7, 11) is 0. The van der Waals surface area contributed by atoms with E-state index in [9.17, 15) is 4.79 Å². The molecule has 0 aromatic heterocycles. The maximum absolute atomic E-state index is 11.5. The first-order chi connectivity index (χ1) is 6.42. The van der Waals surface area contributed by atoms with Crippen LogP contribution in [0.3, 0.4) is 0 Å². The zero-order chi connectivity index (χ0) is 10.8. The van der Waals surface area contributed by atoms with Crippen molar-refractivity contribution in [2.45, 2.75) is 26.4 Å². The minimum atomic E-state index is -0.459. The van der Waals surface area contributed by atoms with Crippen molar-refractivity contribution < 1.29 is 14.6 Å². The summed E-state index contributed by atoms with van der Waals surface area (Å²) < 4.78 is 5.19. The van der Waals surface area contributed by atoms with Crippen molar-refractivity contribution in [2.24, 2.45) is 0 Å². The summed E-state index contributed by atoms with van der Waals surface area (Å²) in [6.07, 6.45) is 1.53. The molecule has 80 valence electrons. The van der Waals surface area contributed by atoms with Crippen molar-refractivity contribution in [1.29, 1.82) is 0 Å². The normalized spacial score (nSPS) is 16.9. The lowest BCUT2D eigenvalue weighted by Gasteiger charge is -2.24. The molecule has 0 aliphatic carbocycles. The third-order valence-corrected chi connectivity index (χ3v) is 1.85. The third kappa shape index (κ3) is 3.03. The Hall–Kier alpha value is -1.03. The van der Waals surface area contributed by atoms with Gasteiger partial charge in [-0.3, -0.25) is 0 Å². The highest BCUT2D eigenvalue weighted by Crippen LogP contribution is 2.14. The van der Waals surface area contributed by atoms with E-state index < -0.39 is 5.60 Å². The molecule has 0 unspecified atom stereocenters. The summed E-state index contributed by atoms with van der Waals surface area (Å²) in [4.78, 5) is 13.1. The smallest absolute Gasteiger partial charge is 0.410 e. The van der Waals surface area contributed by atoms with Gasteiger partial charge >= 0.3 is 6.09 Å². The SMILES string of the molecule is CC(C)(C)OC(=O)N1CC=C(CO)C1. The van der Waals surface area contributed by atoms with Crippen molar-refractivity contribution in [3.05, 3.63) is 11.6 Å². The molecule has 0 fully saturated rings. The molecule has 4 nitrogen and oxygen atoms in total.